The normalized spacial score (nSPS) is 25.4. The lowest BCUT2D eigenvalue weighted by Crippen LogP contribution is -2.34. The molecule has 0 unspecified atom stereocenters. The van der Waals surface area contributed by atoms with E-state index in [4.69, 9.17) is 0 Å². The average molecular weight is 479 g/mol. The maximum atomic E-state index is 11.9. The van der Waals surface area contributed by atoms with Crippen molar-refractivity contribution in [2.45, 2.75) is 68.0 Å². The van der Waals surface area contributed by atoms with Crippen LogP contribution in [0.15, 0.2) is 77.9 Å². The number of aryl methyl sites for hydroxylation is 1. The fourth-order valence-corrected chi connectivity index (χ4v) is 6.27. The zero-order valence-electron chi connectivity index (χ0n) is 18.2. The molecule has 0 radical (unpaired) electrons. The second-order valence-electron chi connectivity index (χ2n) is 9.11. The van der Waals surface area contributed by atoms with E-state index in [9.17, 15) is 9.90 Å². The number of rotatable bonds is 7. The molecule has 0 spiro atoms. The monoisotopic (exact) mass is 478 g/mol. The number of carbonyl (C=O) groups is 1. The molecule has 0 bridgehead atoms. The van der Waals surface area contributed by atoms with Crippen LogP contribution in [0.25, 0.3) is 0 Å². The second-order valence-corrected chi connectivity index (χ2v) is 10.6. The van der Waals surface area contributed by atoms with Gasteiger partial charge in [0, 0.05) is 5.92 Å². The molecule has 0 amide bonds. The average Bonchev–Trinajstić information content (AvgIpc) is 2.77. The molecule has 2 nitrogen and oxygen atoms in total. The Kier molecular flexibility index (Phi) is 6.81. The number of hydrogen-bond donors (Lipinski definition) is 1. The van der Waals surface area contributed by atoms with E-state index in [1.807, 2.05) is 12.1 Å². The lowest BCUT2D eigenvalue weighted by atomic mass is 9.69. The minimum Gasteiger partial charge on any atom is -0.478 e. The van der Waals surface area contributed by atoms with Crippen LogP contribution in [0.1, 0.15) is 74.0 Å². The number of fused-ring (bicyclic) bond motifs is 1. The second kappa shape index (κ2) is 9.56. The smallest absolute Gasteiger partial charge is 0.335 e. The number of benzene rings is 2. The summed E-state index contributed by atoms with van der Waals surface area (Å²) in [4.78, 5) is 11.9. The van der Waals surface area contributed by atoms with Crippen LogP contribution in [-0.4, -0.2) is 15.4 Å². The van der Waals surface area contributed by atoms with Crippen LogP contribution in [0.3, 0.4) is 0 Å². The Bertz CT molecular complexity index is 991. The van der Waals surface area contributed by atoms with Gasteiger partial charge < -0.3 is 5.11 Å². The molecule has 0 aromatic heterocycles. The standard InChI is InChI=1S/C28H31BrO2/c1-20-15-16-26(25-14-8-7-13-23(20)25)28(29)18-17-24(27(30)31)22(19-28)12-6-5-11-21-9-3-2-4-10-21/h2-4,7-10,13-14,17-18,20,26H,5-6,11-12,15-16,19H2,1H3,(H,30,31)/t20-,26+,28+/m1/s1. The summed E-state index contributed by atoms with van der Waals surface area (Å²) in [5.41, 5.74) is 5.79. The summed E-state index contributed by atoms with van der Waals surface area (Å²) in [6.45, 7) is 2.31. The summed E-state index contributed by atoms with van der Waals surface area (Å²) >= 11 is 4.10. The number of hydrogen-bond acceptors (Lipinski definition) is 1. The predicted molar refractivity (Wildman–Crippen MR) is 131 cm³/mol. The van der Waals surface area contributed by atoms with Crippen LogP contribution in [0.4, 0.5) is 0 Å². The van der Waals surface area contributed by atoms with Gasteiger partial charge in [-0.2, -0.15) is 0 Å². The SMILES string of the molecule is C[C@@H]1CC[C@H]([C@]2(Br)C=CC(C(=O)O)=C(CCCCc3ccccc3)C2)c2ccccc21. The molecule has 162 valence electrons. The maximum Gasteiger partial charge on any atom is 0.335 e. The Balaban J connectivity index is 1.50. The van der Waals surface area contributed by atoms with E-state index in [2.05, 4.69) is 77.5 Å². The first-order valence-corrected chi connectivity index (χ1v) is 12.2. The Morgan fingerprint density at radius 1 is 1.00 bits per heavy atom. The molecule has 0 saturated heterocycles. The van der Waals surface area contributed by atoms with Crippen molar-refractivity contribution in [2.24, 2.45) is 0 Å². The lowest BCUT2D eigenvalue weighted by Gasteiger charge is -2.41. The largest absolute Gasteiger partial charge is 0.478 e. The van der Waals surface area contributed by atoms with Crippen LogP contribution < -0.4 is 0 Å². The highest BCUT2D eigenvalue weighted by Crippen LogP contribution is 2.52. The molecule has 0 heterocycles. The van der Waals surface area contributed by atoms with Crippen molar-refractivity contribution in [1.82, 2.24) is 0 Å². The van der Waals surface area contributed by atoms with Crippen molar-refractivity contribution in [3.63, 3.8) is 0 Å². The summed E-state index contributed by atoms with van der Waals surface area (Å²) in [7, 11) is 0. The first kappa shape index (κ1) is 22.1. The van der Waals surface area contributed by atoms with Gasteiger partial charge in [-0.3, -0.25) is 0 Å². The highest BCUT2D eigenvalue weighted by molar-refractivity contribution is 9.10. The molecule has 0 fully saturated rings. The Labute approximate surface area is 194 Å². The number of aliphatic carboxylic acids is 1. The number of carboxylic acids is 1. The van der Waals surface area contributed by atoms with E-state index in [1.165, 1.54) is 23.1 Å². The van der Waals surface area contributed by atoms with Gasteiger partial charge in [-0.25, -0.2) is 4.79 Å². The molecule has 2 aliphatic rings. The Morgan fingerprint density at radius 2 is 1.68 bits per heavy atom. The quantitative estimate of drug-likeness (QED) is 0.329. The number of unbranched alkanes of at least 4 members (excludes halogenated alkanes) is 1. The van der Waals surface area contributed by atoms with Crippen molar-refractivity contribution in [1.29, 1.82) is 0 Å². The molecular formula is C28H31BrO2. The van der Waals surface area contributed by atoms with Gasteiger partial charge in [0.05, 0.1) is 9.90 Å². The number of allylic oxidation sites excluding steroid dienone is 2. The first-order valence-electron chi connectivity index (χ1n) is 11.4. The summed E-state index contributed by atoms with van der Waals surface area (Å²) in [6.07, 6.45) is 11.0. The van der Waals surface area contributed by atoms with E-state index >= 15 is 0 Å². The molecule has 2 aliphatic carbocycles. The Morgan fingerprint density at radius 3 is 2.42 bits per heavy atom. The van der Waals surface area contributed by atoms with Crippen molar-refractivity contribution >= 4 is 21.9 Å². The third-order valence-corrected chi connectivity index (χ3v) is 8.13. The van der Waals surface area contributed by atoms with Crippen LogP contribution in [-0.2, 0) is 11.2 Å². The number of halogens is 1. The minimum atomic E-state index is -0.804. The fraction of sp³-hybridized carbons (Fsp3) is 0.393. The zero-order chi connectivity index (χ0) is 21.8. The van der Waals surface area contributed by atoms with E-state index in [0.717, 1.165) is 44.1 Å². The van der Waals surface area contributed by atoms with E-state index in [1.54, 1.807) is 0 Å². The predicted octanol–water partition coefficient (Wildman–Crippen LogP) is 7.56. The van der Waals surface area contributed by atoms with Gasteiger partial charge in [0.1, 0.15) is 0 Å². The van der Waals surface area contributed by atoms with E-state index < -0.39 is 5.97 Å². The van der Waals surface area contributed by atoms with E-state index in [-0.39, 0.29) is 4.32 Å². The summed E-state index contributed by atoms with van der Waals surface area (Å²) in [6, 6.07) is 19.3. The minimum absolute atomic E-state index is 0.211. The molecule has 1 N–H and O–H groups in total. The topological polar surface area (TPSA) is 37.3 Å². The van der Waals surface area contributed by atoms with Gasteiger partial charge in [0.15, 0.2) is 0 Å². The van der Waals surface area contributed by atoms with Crippen molar-refractivity contribution in [2.75, 3.05) is 0 Å². The highest BCUT2D eigenvalue weighted by Gasteiger charge is 2.41. The summed E-state index contributed by atoms with van der Waals surface area (Å²) in [5.74, 6) is 0.144. The molecule has 3 heteroatoms. The molecule has 4 rings (SSSR count). The van der Waals surface area contributed by atoms with Gasteiger partial charge in [-0.15, -0.1) is 0 Å². The van der Waals surface area contributed by atoms with Gasteiger partial charge in [0.2, 0.25) is 0 Å². The molecular weight excluding hydrogens is 448 g/mol. The lowest BCUT2D eigenvalue weighted by molar-refractivity contribution is -0.132. The molecule has 2 aromatic rings. The Hall–Kier alpha value is -2.13. The molecule has 0 saturated carbocycles. The number of alkyl halides is 1. The molecule has 31 heavy (non-hydrogen) atoms. The molecule has 2 aromatic carbocycles. The highest BCUT2D eigenvalue weighted by atomic mass is 79.9. The summed E-state index contributed by atoms with van der Waals surface area (Å²) in [5, 5.41) is 9.79. The first-order chi connectivity index (χ1) is 15.0. The molecule has 0 aliphatic heterocycles. The van der Waals surface area contributed by atoms with Crippen LogP contribution in [0.5, 0.6) is 0 Å². The van der Waals surface area contributed by atoms with Crippen LogP contribution in [0, 0.1) is 0 Å². The van der Waals surface area contributed by atoms with Gasteiger partial charge in [-0.1, -0.05) is 95.2 Å². The van der Waals surface area contributed by atoms with Gasteiger partial charge >= 0.3 is 5.97 Å². The van der Waals surface area contributed by atoms with Crippen molar-refractivity contribution < 1.29 is 9.90 Å². The fourth-order valence-electron chi connectivity index (χ4n) is 5.32. The number of carboxylic acid groups (broad SMARTS) is 1. The summed E-state index contributed by atoms with van der Waals surface area (Å²) < 4.78 is -0.211. The van der Waals surface area contributed by atoms with Crippen LogP contribution >= 0.6 is 15.9 Å². The van der Waals surface area contributed by atoms with Gasteiger partial charge in [-0.05, 0) is 67.6 Å². The third kappa shape index (κ3) is 4.87. The molecule has 3 atom stereocenters. The maximum absolute atomic E-state index is 11.9. The third-order valence-electron chi connectivity index (χ3n) is 7.03. The van der Waals surface area contributed by atoms with Crippen molar-refractivity contribution in [3.05, 3.63) is 94.6 Å². The van der Waals surface area contributed by atoms with Gasteiger partial charge in [0.25, 0.3) is 0 Å². The van der Waals surface area contributed by atoms with Crippen molar-refractivity contribution in [3.8, 4) is 0 Å². The van der Waals surface area contributed by atoms with E-state index in [0.29, 0.717) is 17.4 Å². The van der Waals surface area contributed by atoms with Crippen LogP contribution in [0.2, 0.25) is 0 Å². The zero-order valence-corrected chi connectivity index (χ0v) is 19.8.